The molecular formula is C28H37N3O4. The minimum absolute atomic E-state index is 0.0444. The third-order valence-electron chi connectivity index (χ3n) is 7.50. The van der Waals surface area contributed by atoms with Crippen molar-refractivity contribution in [2.24, 2.45) is 0 Å². The van der Waals surface area contributed by atoms with Gasteiger partial charge in [-0.3, -0.25) is 9.80 Å². The van der Waals surface area contributed by atoms with Crippen molar-refractivity contribution in [1.82, 2.24) is 14.8 Å². The average molecular weight is 480 g/mol. The van der Waals surface area contributed by atoms with Gasteiger partial charge in [-0.1, -0.05) is 18.2 Å². The minimum atomic E-state index is -0.0444. The van der Waals surface area contributed by atoms with Gasteiger partial charge >= 0.3 is 0 Å². The Bertz CT molecular complexity index is 1100. The van der Waals surface area contributed by atoms with Gasteiger partial charge in [0.2, 0.25) is 0 Å². The lowest BCUT2D eigenvalue weighted by atomic mass is 9.84. The Labute approximate surface area is 207 Å². The van der Waals surface area contributed by atoms with Crippen LogP contribution in [0, 0.1) is 0 Å². The summed E-state index contributed by atoms with van der Waals surface area (Å²) in [5, 5.41) is 1.29. The maximum absolute atomic E-state index is 6.01. The highest BCUT2D eigenvalue weighted by Gasteiger charge is 2.48. The molecule has 0 saturated carbocycles. The summed E-state index contributed by atoms with van der Waals surface area (Å²) in [5.74, 6) is 1.84. The van der Waals surface area contributed by atoms with E-state index in [1.165, 1.54) is 22.2 Å². The molecule has 1 aromatic heterocycles. The number of aromatic nitrogens is 1. The number of nitrogens with zero attached hydrogens (tertiary/aromatic N) is 2. The third-order valence-corrected chi connectivity index (χ3v) is 7.50. The van der Waals surface area contributed by atoms with Crippen LogP contribution in [0.2, 0.25) is 0 Å². The average Bonchev–Trinajstić information content (AvgIpc) is 3.48. The number of hydrogen-bond acceptors (Lipinski definition) is 6. The second kappa shape index (κ2) is 11.0. The van der Waals surface area contributed by atoms with Crippen LogP contribution in [0.5, 0.6) is 11.5 Å². The number of nitrogens with one attached hydrogen (secondary N) is 1. The van der Waals surface area contributed by atoms with E-state index >= 15 is 0 Å². The largest absolute Gasteiger partial charge is 0.497 e. The lowest BCUT2D eigenvalue weighted by Gasteiger charge is -2.45. The first-order chi connectivity index (χ1) is 17.2. The van der Waals surface area contributed by atoms with Crippen LogP contribution in [0.3, 0.4) is 0 Å². The summed E-state index contributed by atoms with van der Waals surface area (Å²) in [6.45, 7) is 7.57. The molecule has 0 aliphatic carbocycles. The van der Waals surface area contributed by atoms with Crippen molar-refractivity contribution in [3.63, 3.8) is 0 Å². The standard InChI is InChI=1S/C28H37N3O4/c1-32-18-19-34-16-15-31-12-10-24-25-20-23(33-2)8-9-26(25)29-27(24)28(31)11-13-30(21-28)14-17-35-22-6-4-3-5-7-22/h3-9,20,29H,10-19,21H2,1-2H3. The quantitative estimate of drug-likeness (QED) is 0.424. The Kier molecular flexibility index (Phi) is 7.58. The number of rotatable bonds is 11. The molecule has 1 atom stereocenters. The summed E-state index contributed by atoms with van der Waals surface area (Å²) >= 11 is 0. The Morgan fingerprint density at radius 3 is 2.63 bits per heavy atom. The number of ether oxygens (including phenoxy) is 4. The molecule has 2 aromatic carbocycles. The van der Waals surface area contributed by atoms with Gasteiger partial charge in [0, 0.05) is 56.4 Å². The van der Waals surface area contributed by atoms with E-state index in [2.05, 4.69) is 26.9 Å². The van der Waals surface area contributed by atoms with Crippen molar-refractivity contribution in [1.29, 1.82) is 0 Å². The predicted octanol–water partition coefficient (Wildman–Crippen LogP) is 3.68. The van der Waals surface area contributed by atoms with Crippen molar-refractivity contribution in [2.45, 2.75) is 18.4 Å². The van der Waals surface area contributed by atoms with Crippen molar-refractivity contribution >= 4 is 10.9 Å². The van der Waals surface area contributed by atoms with Crippen molar-refractivity contribution in [2.75, 3.05) is 73.4 Å². The highest BCUT2D eigenvalue weighted by atomic mass is 16.5. The Morgan fingerprint density at radius 2 is 1.80 bits per heavy atom. The maximum Gasteiger partial charge on any atom is 0.119 e. The predicted molar refractivity (Wildman–Crippen MR) is 137 cm³/mol. The van der Waals surface area contributed by atoms with Gasteiger partial charge in [0.25, 0.3) is 0 Å². The highest BCUT2D eigenvalue weighted by molar-refractivity contribution is 5.87. The number of para-hydroxylation sites is 1. The van der Waals surface area contributed by atoms with Crippen LogP contribution >= 0.6 is 0 Å². The molecular weight excluding hydrogens is 442 g/mol. The SMILES string of the molecule is COCCOCCN1CCc2c([nH]c3ccc(OC)cc23)C12CCN(CCOc1ccccc1)C2. The second-order valence-corrected chi connectivity index (χ2v) is 9.45. The van der Waals surface area contributed by atoms with E-state index in [1.54, 1.807) is 14.2 Å². The van der Waals surface area contributed by atoms with E-state index in [1.807, 2.05) is 36.4 Å². The van der Waals surface area contributed by atoms with Gasteiger partial charge in [-0.05, 0) is 48.7 Å². The topological polar surface area (TPSA) is 59.2 Å². The van der Waals surface area contributed by atoms with E-state index in [0.29, 0.717) is 26.4 Å². The number of likely N-dealkylation sites (tertiary alicyclic amines) is 1. The summed E-state index contributed by atoms with van der Waals surface area (Å²) in [6.07, 6.45) is 2.12. The van der Waals surface area contributed by atoms with Crippen LogP contribution in [-0.2, 0) is 21.4 Å². The molecule has 7 nitrogen and oxygen atoms in total. The Morgan fingerprint density at radius 1 is 0.914 bits per heavy atom. The molecule has 7 heteroatoms. The Hall–Kier alpha value is -2.58. The van der Waals surface area contributed by atoms with Crippen molar-refractivity contribution < 1.29 is 18.9 Å². The fraction of sp³-hybridized carbons (Fsp3) is 0.500. The number of aromatic amines is 1. The smallest absolute Gasteiger partial charge is 0.119 e. The zero-order valence-corrected chi connectivity index (χ0v) is 20.9. The first-order valence-electron chi connectivity index (χ1n) is 12.6. The van der Waals surface area contributed by atoms with Crippen LogP contribution in [0.25, 0.3) is 10.9 Å². The molecule has 1 spiro atoms. The summed E-state index contributed by atoms with van der Waals surface area (Å²) in [6, 6.07) is 16.5. The van der Waals surface area contributed by atoms with E-state index in [0.717, 1.165) is 57.1 Å². The molecule has 5 rings (SSSR count). The maximum atomic E-state index is 6.01. The van der Waals surface area contributed by atoms with Gasteiger partial charge in [0.1, 0.15) is 18.1 Å². The van der Waals surface area contributed by atoms with Gasteiger partial charge < -0.3 is 23.9 Å². The first-order valence-corrected chi connectivity index (χ1v) is 12.6. The number of hydrogen-bond donors (Lipinski definition) is 1. The van der Waals surface area contributed by atoms with E-state index in [9.17, 15) is 0 Å². The highest BCUT2D eigenvalue weighted by Crippen LogP contribution is 2.45. The molecule has 0 amide bonds. The zero-order valence-electron chi connectivity index (χ0n) is 20.9. The minimum Gasteiger partial charge on any atom is -0.497 e. The molecule has 3 heterocycles. The molecule has 0 bridgehead atoms. The Balaban J connectivity index is 1.35. The molecule has 2 aliphatic rings. The van der Waals surface area contributed by atoms with E-state index in [4.69, 9.17) is 18.9 Å². The third kappa shape index (κ3) is 5.05. The van der Waals surface area contributed by atoms with Crippen molar-refractivity contribution in [3.05, 3.63) is 59.8 Å². The van der Waals surface area contributed by atoms with Crippen LogP contribution in [0.1, 0.15) is 17.7 Å². The van der Waals surface area contributed by atoms with Crippen LogP contribution in [0.4, 0.5) is 0 Å². The fourth-order valence-corrected chi connectivity index (χ4v) is 5.71. The molecule has 35 heavy (non-hydrogen) atoms. The number of methoxy groups -OCH3 is 2. The molecule has 0 radical (unpaired) electrons. The number of fused-ring (bicyclic) bond motifs is 4. The molecule has 1 N–H and O–H groups in total. The lowest BCUT2D eigenvalue weighted by molar-refractivity contribution is 0.0185. The van der Waals surface area contributed by atoms with Gasteiger partial charge in [0.05, 0.1) is 32.5 Å². The van der Waals surface area contributed by atoms with E-state index < -0.39 is 0 Å². The molecule has 1 fully saturated rings. The normalized spacial score (nSPS) is 20.5. The van der Waals surface area contributed by atoms with Gasteiger partial charge in [-0.15, -0.1) is 0 Å². The van der Waals surface area contributed by atoms with Gasteiger partial charge in [0.15, 0.2) is 0 Å². The molecule has 3 aromatic rings. The fourth-order valence-electron chi connectivity index (χ4n) is 5.71. The lowest BCUT2D eigenvalue weighted by Crippen LogP contribution is -2.53. The molecule has 1 unspecified atom stereocenters. The molecule has 1 saturated heterocycles. The van der Waals surface area contributed by atoms with Gasteiger partial charge in [-0.2, -0.15) is 0 Å². The number of H-pyrrole nitrogens is 1. The number of benzene rings is 2. The van der Waals surface area contributed by atoms with E-state index in [-0.39, 0.29) is 5.54 Å². The second-order valence-electron chi connectivity index (χ2n) is 9.45. The molecule has 188 valence electrons. The monoisotopic (exact) mass is 479 g/mol. The van der Waals surface area contributed by atoms with Crippen LogP contribution in [0.15, 0.2) is 48.5 Å². The summed E-state index contributed by atoms with van der Waals surface area (Å²) in [7, 11) is 3.45. The van der Waals surface area contributed by atoms with Crippen molar-refractivity contribution in [3.8, 4) is 11.5 Å². The van der Waals surface area contributed by atoms with Crippen LogP contribution < -0.4 is 9.47 Å². The summed E-state index contributed by atoms with van der Waals surface area (Å²) in [4.78, 5) is 9.02. The first kappa shape index (κ1) is 24.1. The zero-order chi connectivity index (χ0) is 24.1. The summed E-state index contributed by atoms with van der Waals surface area (Å²) in [5.41, 5.74) is 3.96. The summed E-state index contributed by atoms with van der Waals surface area (Å²) < 4.78 is 22.5. The van der Waals surface area contributed by atoms with Crippen LogP contribution in [-0.4, -0.2) is 88.2 Å². The molecule has 2 aliphatic heterocycles. The van der Waals surface area contributed by atoms with Gasteiger partial charge in [-0.25, -0.2) is 0 Å².